The molecule has 0 aromatic carbocycles. The molecule has 1 fully saturated rings. The molecule has 0 aliphatic carbocycles. The summed E-state index contributed by atoms with van der Waals surface area (Å²) in [5.74, 6) is 0.125. The molecule has 2 rings (SSSR count). The molecule has 1 unspecified atom stereocenters. The van der Waals surface area contributed by atoms with E-state index in [4.69, 9.17) is 0 Å². The molecule has 1 aromatic heterocycles. The van der Waals surface area contributed by atoms with Gasteiger partial charge in [-0.05, 0) is 34.8 Å². The number of carbonyl (C=O) groups excluding carboxylic acids is 1. The van der Waals surface area contributed by atoms with Crippen LogP contribution in [0.4, 0.5) is 5.69 Å². The normalized spacial score (nSPS) is 21.1. The molecule has 0 radical (unpaired) electrons. The molecule has 1 saturated heterocycles. The van der Waals surface area contributed by atoms with Crippen molar-refractivity contribution in [2.75, 3.05) is 11.9 Å². The van der Waals surface area contributed by atoms with E-state index in [9.17, 15) is 4.79 Å². The van der Waals surface area contributed by atoms with Gasteiger partial charge in [0.15, 0.2) is 0 Å². The second kappa shape index (κ2) is 5.30. The maximum Gasteiger partial charge on any atom is 0.222 e. The molecule has 1 aliphatic heterocycles. The first-order valence-corrected chi connectivity index (χ1v) is 6.18. The van der Waals surface area contributed by atoms with Gasteiger partial charge in [-0.3, -0.25) is 9.78 Å². The highest BCUT2D eigenvalue weighted by molar-refractivity contribution is 9.10. The van der Waals surface area contributed by atoms with E-state index in [2.05, 4.69) is 31.5 Å². The number of anilines is 1. The van der Waals surface area contributed by atoms with E-state index in [0.29, 0.717) is 6.42 Å². The molecule has 16 heavy (non-hydrogen) atoms. The van der Waals surface area contributed by atoms with Gasteiger partial charge in [0.25, 0.3) is 0 Å². The van der Waals surface area contributed by atoms with Crippen molar-refractivity contribution in [1.82, 2.24) is 10.3 Å². The van der Waals surface area contributed by atoms with Crippen molar-refractivity contribution in [3.8, 4) is 0 Å². The average Bonchev–Trinajstić information content (AvgIpc) is 2.46. The third-order valence-electron chi connectivity index (χ3n) is 2.62. The van der Waals surface area contributed by atoms with Crippen molar-refractivity contribution < 1.29 is 4.79 Å². The predicted molar refractivity (Wildman–Crippen MR) is 66.2 cm³/mol. The van der Waals surface area contributed by atoms with Crippen LogP contribution >= 0.6 is 15.9 Å². The lowest BCUT2D eigenvalue weighted by Crippen LogP contribution is -2.26. The van der Waals surface area contributed by atoms with Crippen LogP contribution in [0.25, 0.3) is 0 Å². The summed E-state index contributed by atoms with van der Waals surface area (Å²) >= 11 is 3.43. The molecule has 2 N–H and O–H groups in total. The summed E-state index contributed by atoms with van der Waals surface area (Å²) < 4.78 is 0.930. The zero-order valence-corrected chi connectivity index (χ0v) is 10.5. The molecule has 1 aromatic rings. The largest absolute Gasteiger partial charge is 0.381 e. The van der Waals surface area contributed by atoms with E-state index in [1.54, 1.807) is 12.4 Å². The summed E-state index contributed by atoms with van der Waals surface area (Å²) in [5.41, 5.74) is 0.995. The predicted octanol–water partition coefficient (Wildman–Crippen LogP) is 1.92. The van der Waals surface area contributed by atoms with Crippen molar-refractivity contribution in [2.24, 2.45) is 0 Å². The first-order chi connectivity index (χ1) is 7.75. The van der Waals surface area contributed by atoms with Crippen LogP contribution in [0.15, 0.2) is 22.9 Å². The average molecular weight is 284 g/mol. The lowest BCUT2D eigenvalue weighted by atomic mass is 10.1. The molecule has 0 bridgehead atoms. The van der Waals surface area contributed by atoms with E-state index in [0.717, 1.165) is 29.5 Å². The number of aromatic nitrogens is 1. The molecule has 5 heteroatoms. The van der Waals surface area contributed by atoms with Gasteiger partial charge in [0.2, 0.25) is 5.91 Å². The van der Waals surface area contributed by atoms with Crippen molar-refractivity contribution in [1.29, 1.82) is 0 Å². The monoisotopic (exact) mass is 283 g/mol. The van der Waals surface area contributed by atoms with Crippen molar-refractivity contribution in [3.05, 3.63) is 22.9 Å². The standard InChI is InChI=1S/C11H14BrN3O/c12-9-7-13-5-3-10(9)15-8-2-1-4-14-11(16)6-8/h3,5,7-8H,1-2,4,6H2,(H,13,15)(H,14,16). The van der Waals surface area contributed by atoms with E-state index in [1.165, 1.54) is 0 Å². The Bertz CT molecular complexity index is 383. The summed E-state index contributed by atoms with van der Waals surface area (Å²) in [5, 5.41) is 6.24. The van der Waals surface area contributed by atoms with E-state index >= 15 is 0 Å². The Balaban J connectivity index is 2.03. The van der Waals surface area contributed by atoms with Crippen LogP contribution in [0.5, 0.6) is 0 Å². The van der Waals surface area contributed by atoms with Gasteiger partial charge in [-0.15, -0.1) is 0 Å². The molecule has 1 atom stereocenters. The number of amides is 1. The van der Waals surface area contributed by atoms with Crippen molar-refractivity contribution in [2.45, 2.75) is 25.3 Å². The topological polar surface area (TPSA) is 54.0 Å². The Kier molecular flexibility index (Phi) is 3.77. The number of pyridine rings is 1. The number of halogens is 1. The van der Waals surface area contributed by atoms with E-state index in [-0.39, 0.29) is 11.9 Å². The first kappa shape index (κ1) is 11.4. The minimum absolute atomic E-state index is 0.125. The second-order valence-electron chi connectivity index (χ2n) is 3.89. The minimum atomic E-state index is 0.125. The number of hydrogen-bond donors (Lipinski definition) is 2. The molecule has 0 spiro atoms. The van der Waals surface area contributed by atoms with Crippen LogP contribution in [0.3, 0.4) is 0 Å². The third kappa shape index (κ3) is 2.95. The van der Waals surface area contributed by atoms with Gasteiger partial charge in [0.05, 0.1) is 10.2 Å². The van der Waals surface area contributed by atoms with Gasteiger partial charge in [0.1, 0.15) is 0 Å². The highest BCUT2D eigenvalue weighted by atomic mass is 79.9. The molecule has 1 amide bonds. The Labute approximate surface area is 103 Å². The fraction of sp³-hybridized carbons (Fsp3) is 0.455. The Morgan fingerprint density at radius 3 is 3.25 bits per heavy atom. The van der Waals surface area contributed by atoms with Crippen molar-refractivity contribution >= 4 is 27.5 Å². The number of carbonyl (C=O) groups is 1. The van der Waals surface area contributed by atoms with E-state index in [1.807, 2.05) is 6.07 Å². The lowest BCUT2D eigenvalue weighted by Gasteiger charge is -2.17. The Morgan fingerprint density at radius 1 is 1.56 bits per heavy atom. The maximum absolute atomic E-state index is 11.4. The van der Waals surface area contributed by atoms with Crippen LogP contribution in [0.2, 0.25) is 0 Å². The SMILES string of the molecule is O=C1CC(Nc2ccncc2Br)CCCN1. The maximum atomic E-state index is 11.4. The summed E-state index contributed by atoms with van der Waals surface area (Å²) in [6.07, 6.45) is 6.05. The summed E-state index contributed by atoms with van der Waals surface area (Å²) in [7, 11) is 0. The zero-order valence-electron chi connectivity index (χ0n) is 8.87. The summed E-state index contributed by atoms with van der Waals surface area (Å²) in [6.45, 7) is 0.786. The van der Waals surface area contributed by atoms with Crippen LogP contribution in [-0.4, -0.2) is 23.5 Å². The number of rotatable bonds is 2. The molecular formula is C11H14BrN3O. The number of nitrogens with one attached hydrogen (secondary N) is 2. The van der Waals surface area contributed by atoms with Gasteiger partial charge in [-0.1, -0.05) is 0 Å². The fourth-order valence-corrected chi connectivity index (χ4v) is 2.17. The van der Waals surface area contributed by atoms with E-state index < -0.39 is 0 Å². The lowest BCUT2D eigenvalue weighted by molar-refractivity contribution is -0.120. The Morgan fingerprint density at radius 2 is 2.44 bits per heavy atom. The first-order valence-electron chi connectivity index (χ1n) is 5.38. The minimum Gasteiger partial charge on any atom is -0.381 e. The van der Waals surface area contributed by atoms with Crippen LogP contribution in [-0.2, 0) is 4.79 Å². The van der Waals surface area contributed by atoms with Gasteiger partial charge in [0, 0.05) is 31.4 Å². The second-order valence-corrected chi connectivity index (χ2v) is 4.75. The molecule has 86 valence electrons. The van der Waals surface area contributed by atoms with Crippen LogP contribution < -0.4 is 10.6 Å². The fourth-order valence-electron chi connectivity index (χ4n) is 1.81. The quantitative estimate of drug-likeness (QED) is 0.872. The van der Waals surface area contributed by atoms with Gasteiger partial charge in [-0.25, -0.2) is 0 Å². The molecule has 4 nitrogen and oxygen atoms in total. The highest BCUT2D eigenvalue weighted by Crippen LogP contribution is 2.22. The highest BCUT2D eigenvalue weighted by Gasteiger charge is 2.17. The van der Waals surface area contributed by atoms with Gasteiger partial charge < -0.3 is 10.6 Å². The van der Waals surface area contributed by atoms with Crippen LogP contribution in [0, 0.1) is 0 Å². The van der Waals surface area contributed by atoms with Crippen LogP contribution in [0.1, 0.15) is 19.3 Å². The number of hydrogen-bond acceptors (Lipinski definition) is 3. The van der Waals surface area contributed by atoms with Gasteiger partial charge in [-0.2, -0.15) is 0 Å². The zero-order chi connectivity index (χ0) is 11.4. The number of nitrogens with zero attached hydrogens (tertiary/aromatic N) is 1. The molecule has 2 heterocycles. The summed E-state index contributed by atoms with van der Waals surface area (Å²) in [4.78, 5) is 15.4. The molecule has 0 saturated carbocycles. The Hall–Kier alpha value is -1.10. The molecule has 1 aliphatic rings. The summed E-state index contributed by atoms with van der Waals surface area (Å²) in [6, 6.07) is 2.12. The van der Waals surface area contributed by atoms with Crippen molar-refractivity contribution in [3.63, 3.8) is 0 Å². The smallest absolute Gasteiger partial charge is 0.222 e. The van der Waals surface area contributed by atoms with Gasteiger partial charge >= 0.3 is 0 Å². The molecular weight excluding hydrogens is 270 g/mol. The third-order valence-corrected chi connectivity index (χ3v) is 3.25.